The lowest BCUT2D eigenvalue weighted by Crippen LogP contribution is -2.63. The molecule has 2 fully saturated rings. The van der Waals surface area contributed by atoms with Crippen LogP contribution in [-0.4, -0.2) is 75.4 Å². The van der Waals surface area contributed by atoms with Crippen molar-refractivity contribution in [3.63, 3.8) is 0 Å². The summed E-state index contributed by atoms with van der Waals surface area (Å²) >= 11 is 0. The van der Waals surface area contributed by atoms with Crippen molar-refractivity contribution in [2.45, 2.75) is 142 Å². The molecule has 0 spiro atoms. The predicted molar refractivity (Wildman–Crippen MR) is 136 cm³/mol. The Morgan fingerprint density at radius 3 is 1.00 bits per heavy atom. The highest BCUT2D eigenvalue weighted by molar-refractivity contribution is 6.78. The second-order valence-corrected chi connectivity index (χ2v) is 20.5. The largest absolute Gasteiger partial charge is 0.415 e. The van der Waals surface area contributed by atoms with E-state index in [1.165, 1.54) is 0 Å². The van der Waals surface area contributed by atoms with Crippen LogP contribution < -0.4 is 0 Å². The van der Waals surface area contributed by atoms with E-state index in [2.05, 4.69) is 105 Å². The van der Waals surface area contributed by atoms with Gasteiger partial charge >= 0.3 is 17.1 Å². The zero-order valence-electron chi connectivity index (χ0n) is 23.1. The van der Waals surface area contributed by atoms with Gasteiger partial charge in [0.2, 0.25) is 0 Å². The summed E-state index contributed by atoms with van der Waals surface area (Å²) in [6, 6.07) is 0. The Balaban J connectivity index is 2.05. The van der Waals surface area contributed by atoms with Gasteiger partial charge < -0.3 is 13.0 Å². The second kappa shape index (κ2) is 8.47. The summed E-state index contributed by atoms with van der Waals surface area (Å²) in [6.45, 7) is 27.4. The van der Waals surface area contributed by atoms with Crippen LogP contribution in [0.25, 0.3) is 0 Å². The van der Waals surface area contributed by atoms with Gasteiger partial charge in [0.15, 0.2) is 0 Å². The van der Waals surface area contributed by atoms with Gasteiger partial charge in [0.05, 0.1) is 12.2 Å². The van der Waals surface area contributed by atoms with Crippen molar-refractivity contribution in [3.8, 4) is 0 Å². The molecule has 0 radical (unpaired) electrons. The normalized spacial score (nSPS) is 28.1. The van der Waals surface area contributed by atoms with Crippen molar-refractivity contribution in [2.24, 2.45) is 0 Å². The van der Waals surface area contributed by atoms with E-state index in [0.29, 0.717) is 0 Å². The molecular formula is C24H52N2O3Si2. The summed E-state index contributed by atoms with van der Waals surface area (Å²) in [4.78, 5) is 5.00. The zero-order valence-corrected chi connectivity index (χ0v) is 25.1. The highest BCUT2D eigenvalue weighted by Crippen LogP contribution is 2.41. The van der Waals surface area contributed by atoms with Crippen molar-refractivity contribution < 1.29 is 13.0 Å². The lowest BCUT2D eigenvalue weighted by atomic mass is 9.79. The maximum Gasteiger partial charge on any atom is 0.323 e. The van der Waals surface area contributed by atoms with Gasteiger partial charge in [-0.1, -0.05) is 0 Å². The Bertz CT molecular complexity index is 557. The molecule has 0 amide bonds. The van der Waals surface area contributed by atoms with Crippen molar-refractivity contribution >= 4 is 17.1 Å². The fraction of sp³-hybridized carbons (Fsp3) is 1.00. The molecule has 0 aromatic rings. The van der Waals surface area contributed by atoms with E-state index in [1.54, 1.807) is 0 Å². The Morgan fingerprint density at radius 1 is 0.548 bits per heavy atom. The van der Waals surface area contributed by atoms with E-state index >= 15 is 0 Å². The molecule has 184 valence electrons. The van der Waals surface area contributed by atoms with E-state index in [-0.39, 0.29) is 34.4 Å². The first kappa shape index (κ1) is 27.5. The first-order chi connectivity index (χ1) is 13.6. The van der Waals surface area contributed by atoms with Crippen LogP contribution in [0.15, 0.2) is 0 Å². The predicted octanol–water partition coefficient (Wildman–Crippen LogP) is 5.74. The summed E-state index contributed by atoms with van der Waals surface area (Å²) in [5, 5.41) is 0. The van der Waals surface area contributed by atoms with E-state index in [9.17, 15) is 0 Å². The molecule has 2 aliphatic rings. The van der Waals surface area contributed by atoms with Crippen LogP contribution in [0.1, 0.15) is 81.1 Å². The van der Waals surface area contributed by atoms with Crippen molar-refractivity contribution in [1.29, 1.82) is 0 Å². The van der Waals surface area contributed by atoms with Crippen LogP contribution in [0.3, 0.4) is 0 Å². The van der Waals surface area contributed by atoms with Crippen LogP contribution in [0.4, 0.5) is 0 Å². The molecule has 5 nitrogen and oxygen atoms in total. The molecule has 0 aliphatic carbocycles. The lowest BCUT2D eigenvalue weighted by Gasteiger charge is -2.55. The number of piperidine rings is 2. The first-order valence-electron chi connectivity index (χ1n) is 12.1. The monoisotopic (exact) mass is 472 g/mol. The van der Waals surface area contributed by atoms with Gasteiger partial charge in [0, 0.05) is 22.2 Å². The summed E-state index contributed by atoms with van der Waals surface area (Å²) in [7, 11) is -0.190. The van der Waals surface area contributed by atoms with Gasteiger partial charge in [-0.05, 0) is 121 Å². The Kier molecular flexibility index (Phi) is 7.51. The molecule has 0 bridgehead atoms. The number of likely N-dealkylation sites (tertiary alicyclic amines) is 2. The standard InChI is InChI=1S/C24H52N2O3Si2/c1-21(2)15-19(16-22(3,4)25(21)9)27-30(11,12)29-31(13,14)28-20-17-23(5,6)26(10)24(7,8)18-20/h19-20H,15-18H2,1-14H3. The Hall–Kier alpha value is 0.234. The van der Waals surface area contributed by atoms with Gasteiger partial charge in [0.1, 0.15) is 0 Å². The molecule has 0 aromatic heterocycles. The van der Waals surface area contributed by atoms with Gasteiger partial charge in [-0.25, -0.2) is 0 Å². The van der Waals surface area contributed by atoms with Crippen LogP contribution in [0.5, 0.6) is 0 Å². The highest BCUT2D eigenvalue weighted by atomic mass is 28.5. The van der Waals surface area contributed by atoms with Crippen molar-refractivity contribution in [1.82, 2.24) is 9.80 Å². The molecule has 2 rings (SSSR count). The molecular weight excluding hydrogens is 420 g/mol. The van der Waals surface area contributed by atoms with Gasteiger partial charge in [0.25, 0.3) is 0 Å². The molecule has 0 saturated carbocycles. The van der Waals surface area contributed by atoms with E-state index < -0.39 is 17.1 Å². The van der Waals surface area contributed by atoms with Gasteiger partial charge in [-0.15, -0.1) is 0 Å². The van der Waals surface area contributed by atoms with Crippen LogP contribution >= 0.6 is 0 Å². The average Bonchev–Trinajstić information content (AvgIpc) is 2.46. The quantitative estimate of drug-likeness (QED) is 0.460. The number of hydrogen-bond acceptors (Lipinski definition) is 5. The average molecular weight is 473 g/mol. The van der Waals surface area contributed by atoms with Crippen molar-refractivity contribution in [3.05, 3.63) is 0 Å². The third kappa shape index (κ3) is 6.64. The third-order valence-corrected chi connectivity index (χ3v) is 13.7. The number of hydrogen-bond donors (Lipinski definition) is 0. The summed E-state index contributed by atoms with van der Waals surface area (Å²) in [6.07, 6.45) is 4.60. The van der Waals surface area contributed by atoms with Gasteiger partial charge in [-0.2, -0.15) is 0 Å². The molecule has 2 heterocycles. The van der Waals surface area contributed by atoms with Crippen LogP contribution in [0.2, 0.25) is 26.2 Å². The zero-order chi connectivity index (χ0) is 24.3. The summed E-state index contributed by atoms with van der Waals surface area (Å²) < 4.78 is 20.3. The van der Waals surface area contributed by atoms with Crippen LogP contribution in [0, 0.1) is 0 Å². The highest BCUT2D eigenvalue weighted by Gasteiger charge is 2.49. The fourth-order valence-corrected chi connectivity index (χ4v) is 13.2. The molecule has 0 N–H and O–H groups in total. The smallest absolute Gasteiger partial charge is 0.323 e. The fourth-order valence-electron chi connectivity index (χ4n) is 6.17. The first-order valence-corrected chi connectivity index (χ1v) is 17.8. The minimum absolute atomic E-state index is 0.117. The SMILES string of the molecule is CN1C(C)(C)CC(O[Si](C)(C)O[Si](C)(C)OC2CC(C)(C)N(C)C(C)(C)C2)CC1(C)C. The minimum atomic E-state index is -2.33. The number of rotatable bonds is 6. The van der Waals surface area contributed by atoms with E-state index in [1.807, 2.05) is 0 Å². The van der Waals surface area contributed by atoms with E-state index in [4.69, 9.17) is 13.0 Å². The number of nitrogens with zero attached hydrogens (tertiary/aromatic N) is 2. The molecule has 2 saturated heterocycles. The molecule has 31 heavy (non-hydrogen) atoms. The maximum absolute atomic E-state index is 6.76. The Labute approximate surface area is 195 Å². The maximum atomic E-state index is 6.76. The lowest BCUT2D eigenvalue weighted by molar-refractivity contribution is -0.0683. The third-order valence-electron chi connectivity index (χ3n) is 7.93. The Morgan fingerprint density at radius 2 is 0.774 bits per heavy atom. The summed E-state index contributed by atoms with van der Waals surface area (Å²) in [5.74, 6) is 0. The molecule has 0 unspecified atom stereocenters. The van der Waals surface area contributed by atoms with Gasteiger partial charge in [-0.3, -0.25) is 9.80 Å². The molecule has 0 aromatic carbocycles. The van der Waals surface area contributed by atoms with Crippen molar-refractivity contribution in [2.75, 3.05) is 14.1 Å². The molecule has 2 aliphatic heterocycles. The van der Waals surface area contributed by atoms with Crippen LogP contribution in [-0.2, 0) is 13.0 Å². The summed E-state index contributed by atoms with van der Waals surface area (Å²) in [5.41, 5.74) is 0.467. The second-order valence-electron chi connectivity index (χ2n) is 13.6. The molecule has 7 heteroatoms. The minimum Gasteiger partial charge on any atom is -0.415 e. The van der Waals surface area contributed by atoms with E-state index in [0.717, 1.165) is 25.7 Å². The topological polar surface area (TPSA) is 34.2 Å². The molecule has 0 atom stereocenters.